The van der Waals surface area contributed by atoms with Crippen LogP contribution in [0.2, 0.25) is 0 Å². The van der Waals surface area contributed by atoms with Crippen molar-refractivity contribution in [1.82, 2.24) is 19.7 Å². The van der Waals surface area contributed by atoms with E-state index in [1.165, 1.54) is 6.20 Å². The molecule has 2 aromatic rings. The van der Waals surface area contributed by atoms with Gasteiger partial charge in [0.2, 0.25) is 5.88 Å². The molecule has 6 nitrogen and oxygen atoms in total. The van der Waals surface area contributed by atoms with E-state index in [2.05, 4.69) is 10.1 Å². The fourth-order valence-electron chi connectivity index (χ4n) is 3.17. The first-order valence-corrected chi connectivity index (χ1v) is 8.78. The van der Waals surface area contributed by atoms with Crippen LogP contribution in [0.25, 0.3) is 0 Å². The zero-order chi connectivity index (χ0) is 19.6. The quantitative estimate of drug-likeness (QED) is 0.811. The monoisotopic (exact) mass is 382 g/mol. The summed E-state index contributed by atoms with van der Waals surface area (Å²) in [6, 6.07) is 3.68. The number of hydrogen-bond acceptors (Lipinski definition) is 4. The highest BCUT2D eigenvalue weighted by molar-refractivity contribution is 5.94. The van der Waals surface area contributed by atoms with Gasteiger partial charge < -0.3 is 9.64 Å². The Hall–Kier alpha value is -2.58. The first kappa shape index (κ1) is 19.2. The van der Waals surface area contributed by atoms with E-state index in [0.717, 1.165) is 16.9 Å². The van der Waals surface area contributed by atoms with Crippen LogP contribution in [-0.4, -0.2) is 44.8 Å². The SMILES string of the molecule is CC(C)Oc1ccc(C(=O)N2CCC[C@@H](n3nccc3C(F)(F)F)C2)cn1. The molecule has 2 aromatic heterocycles. The van der Waals surface area contributed by atoms with E-state index in [4.69, 9.17) is 4.74 Å². The highest BCUT2D eigenvalue weighted by atomic mass is 19.4. The van der Waals surface area contributed by atoms with Gasteiger partial charge in [-0.05, 0) is 38.8 Å². The number of aromatic nitrogens is 3. The van der Waals surface area contributed by atoms with Crippen LogP contribution in [0.3, 0.4) is 0 Å². The number of alkyl halides is 3. The van der Waals surface area contributed by atoms with Crippen molar-refractivity contribution in [3.8, 4) is 5.88 Å². The third-order valence-corrected chi connectivity index (χ3v) is 4.33. The Kier molecular flexibility index (Phi) is 5.38. The normalized spacial score (nSPS) is 18.0. The van der Waals surface area contributed by atoms with Crippen LogP contribution in [0.15, 0.2) is 30.6 Å². The Balaban J connectivity index is 1.73. The van der Waals surface area contributed by atoms with Gasteiger partial charge in [0, 0.05) is 31.5 Å². The van der Waals surface area contributed by atoms with Gasteiger partial charge in [0.1, 0.15) is 5.69 Å². The number of carbonyl (C=O) groups excluding carboxylic acids is 1. The van der Waals surface area contributed by atoms with Gasteiger partial charge >= 0.3 is 6.18 Å². The molecule has 0 aromatic carbocycles. The Morgan fingerprint density at radius 1 is 1.30 bits per heavy atom. The molecule has 0 saturated carbocycles. The maximum absolute atomic E-state index is 13.1. The van der Waals surface area contributed by atoms with Crippen molar-refractivity contribution in [2.45, 2.75) is 45.0 Å². The van der Waals surface area contributed by atoms with Gasteiger partial charge in [-0.25, -0.2) is 4.98 Å². The van der Waals surface area contributed by atoms with Crippen molar-refractivity contribution < 1.29 is 22.7 Å². The van der Waals surface area contributed by atoms with Gasteiger partial charge in [-0.2, -0.15) is 18.3 Å². The van der Waals surface area contributed by atoms with E-state index in [9.17, 15) is 18.0 Å². The van der Waals surface area contributed by atoms with E-state index in [1.54, 1.807) is 17.0 Å². The third-order valence-electron chi connectivity index (χ3n) is 4.33. The van der Waals surface area contributed by atoms with Crippen molar-refractivity contribution in [3.05, 3.63) is 41.9 Å². The van der Waals surface area contributed by atoms with E-state index >= 15 is 0 Å². The predicted molar refractivity (Wildman–Crippen MR) is 91.4 cm³/mol. The maximum Gasteiger partial charge on any atom is 0.433 e. The van der Waals surface area contributed by atoms with Gasteiger partial charge in [-0.15, -0.1) is 0 Å². The lowest BCUT2D eigenvalue weighted by atomic mass is 10.0. The molecule has 1 aliphatic heterocycles. The Labute approximate surface area is 154 Å². The molecule has 1 aliphatic rings. The number of halogens is 3. The minimum Gasteiger partial charge on any atom is -0.475 e. The van der Waals surface area contributed by atoms with Crippen LogP contribution in [-0.2, 0) is 6.18 Å². The number of likely N-dealkylation sites (tertiary alicyclic amines) is 1. The lowest BCUT2D eigenvalue weighted by molar-refractivity contribution is -0.145. The first-order chi connectivity index (χ1) is 12.8. The predicted octanol–water partition coefficient (Wildman–Crippen LogP) is 3.56. The Bertz CT molecular complexity index is 787. The van der Waals surface area contributed by atoms with Crippen molar-refractivity contribution >= 4 is 5.91 Å². The highest BCUT2D eigenvalue weighted by Gasteiger charge is 2.37. The van der Waals surface area contributed by atoms with Crippen LogP contribution in [0, 0.1) is 0 Å². The smallest absolute Gasteiger partial charge is 0.433 e. The summed E-state index contributed by atoms with van der Waals surface area (Å²) in [4.78, 5) is 18.4. The van der Waals surface area contributed by atoms with Gasteiger partial charge in [0.05, 0.1) is 17.7 Å². The van der Waals surface area contributed by atoms with Crippen LogP contribution in [0.4, 0.5) is 13.2 Å². The summed E-state index contributed by atoms with van der Waals surface area (Å²) < 4.78 is 45.8. The second-order valence-corrected chi connectivity index (χ2v) is 6.76. The average Bonchev–Trinajstić information content (AvgIpc) is 3.12. The average molecular weight is 382 g/mol. The van der Waals surface area contributed by atoms with E-state index in [1.807, 2.05) is 13.8 Å². The number of amides is 1. The fraction of sp³-hybridized carbons (Fsp3) is 0.500. The molecule has 1 amide bonds. The number of piperidine rings is 1. The largest absolute Gasteiger partial charge is 0.475 e. The summed E-state index contributed by atoms with van der Waals surface area (Å²) in [7, 11) is 0. The van der Waals surface area contributed by atoms with Crippen molar-refractivity contribution in [2.24, 2.45) is 0 Å². The number of carbonyl (C=O) groups is 1. The van der Waals surface area contributed by atoms with Crippen LogP contribution in [0.1, 0.15) is 48.8 Å². The lowest BCUT2D eigenvalue weighted by Crippen LogP contribution is -2.41. The molecule has 0 unspecified atom stereocenters. The summed E-state index contributed by atoms with van der Waals surface area (Å²) in [5.74, 6) is 0.161. The molecule has 0 spiro atoms. The van der Waals surface area contributed by atoms with Gasteiger partial charge in [0.25, 0.3) is 5.91 Å². The van der Waals surface area contributed by atoms with E-state index in [0.29, 0.717) is 30.8 Å². The Morgan fingerprint density at radius 3 is 2.70 bits per heavy atom. The van der Waals surface area contributed by atoms with Crippen molar-refractivity contribution in [3.63, 3.8) is 0 Å². The summed E-state index contributed by atoms with van der Waals surface area (Å²) in [6.45, 7) is 4.41. The summed E-state index contributed by atoms with van der Waals surface area (Å²) in [6.07, 6.45) is -0.791. The highest BCUT2D eigenvalue weighted by Crippen LogP contribution is 2.33. The molecule has 3 rings (SSSR count). The van der Waals surface area contributed by atoms with Crippen LogP contribution < -0.4 is 4.74 Å². The third kappa shape index (κ3) is 4.40. The molecule has 0 N–H and O–H groups in total. The standard InChI is InChI=1S/C18H21F3N4O2/c1-12(2)27-16-6-5-13(10-22-16)17(26)24-9-3-4-14(11-24)25-15(7-8-23-25)18(19,20)21/h5-8,10,12,14H,3-4,9,11H2,1-2H3/t14-/m1/s1. The number of hydrogen-bond donors (Lipinski definition) is 0. The topological polar surface area (TPSA) is 60.2 Å². The molecule has 0 radical (unpaired) electrons. The molecule has 1 atom stereocenters. The van der Waals surface area contributed by atoms with Gasteiger partial charge in [0.15, 0.2) is 0 Å². The number of ether oxygens (including phenoxy) is 1. The lowest BCUT2D eigenvalue weighted by Gasteiger charge is -2.33. The number of rotatable bonds is 4. The molecular formula is C18H21F3N4O2. The molecule has 0 aliphatic carbocycles. The second kappa shape index (κ2) is 7.58. The molecule has 1 fully saturated rings. The van der Waals surface area contributed by atoms with Crippen molar-refractivity contribution in [1.29, 1.82) is 0 Å². The molecule has 0 bridgehead atoms. The zero-order valence-electron chi connectivity index (χ0n) is 15.1. The second-order valence-electron chi connectivity index (χ2n) is 6.76. The molecule has 9 heteroatoms. The van der Waals surface area contributed by atoms with Crippen LogP contribution in [0.5, 0.6) is 5.88 Å². The number of nitrogens with zero attached hydrogens (tertiary/aromatic N) is 4. The zero-order valence-corrected chi connectivity index (χ0v) is 15.1. The summed E-state index contributed by atoms with van der Waals surface area (Å²) in [5, 5.41) is 3.84. The summed E-state index contributed by atoms with van der Waals surface area (Å²) >= 11 is 0. The Morgan fingerprint density at radius 2 is 2.07 bits per heavy atom. The van der Waals surface area contributed by atoms with Gasteiger partial charge in [-0.3, -0.25) is 9.48 Å². The van der Waals surface area contributed by atoms with Crippen LogP contribution >= 0.6 is 0 Å². The maximum atomic E-state index is 13.1. The molecule has 146 valence electrons. The first-order valence-electron chi connectivity index (χ1n) is 8.78. The van der Waals surface area contributed by atoms with Crippen molar-refractivity contribution in [2.75, 3.05) is 13.1 Å². The minimum atomic E-state index is -4.47. The molecule has 3 heterocycles. The fourth-order valence-corrected chi connectivity index (χ4v) is 3.17. The molecule has 1 saturated heterocycles. The summed E-state index contributed by atoms with van der Waals surface area (Å²) in [5.41, 5.74) is -0.415. The molecular weight excluding hydrogens is 361 g/mol. The van der Waals surface area contributed by atoms with Gasteiger partial charge in [-0.1, -0.05) is 0 Å². The van der Waals surface area contributed by atoms with E-state index < -0.39 is 17.9 Å². The van der Waals surface area contributed by atoms with E-state index in [-0.39, 0.29) is 18.6 Å². The molecule has 27 heavy (non-hydrogen) atoms. The minimum absolute atomic E-state index is 0.0289. The number of pyridine rings is 1.